The van der Waals surface area contributed by atoms with Gasteiger partial charge < -0.3 is 5.11 Å². The number of hydrogen-bond acceptors (Lipinski definition) is 3. The lowest BCUT2D eigenvalue weighted by molar-refractivity contribution is 0.203. The Labute approximate surface area is 113 Å². The van der Waals surface area contributed by atoms with Crippen LogP contribution in [-0.4, -0.2) is 36.2 Å². The third-order valence-electron chi connectivity index (χ3n) is 3.06. The van der Waals surface area contributed by atoms with Crippen LogP contribution in [0.25, 0.3) is 0 Å². The van der Waals surface area contributed by atoms with Gasteiger partial charge in [0.25, 0.3) is 0 Å². The first-order chi connectivity index (χ1) is 6.84. The number of thiol groups is 1. The summed E-state index contributed by atoms with van der Waals surface area (Å²) in [6.07, 6.45) is 0.250. The van der Waals surface area contributed by atoms with Gasteiger partial charge in [0.1, 0.15) is 0 Å². The second kappa shape index (κ2) is 5.22. The molecular formula is C11H26OS2Si2. The van der Waals surface area contributed by atoms with Crippen LogP contribution in [-0.2, 0) is 0 Å². The molecule has 0 saturated carbocycles. The maximum atomic E-state index is 9.53. The van der Waals surface area contributed by atoms with E-state index < -0.39 is 16.1 Å². The van der Waals surface area contributed by atoms with Crippen molar-refractivity contribution in [1.29, 1.82) is 0 Å². The van der Waals surface area contributed by atoms with Crippen LogP contribution in [0.2, 0.25) is 39.3 Å². The molecule has 1 nitrogen and oxygen atoms in total. The Morgan fingerprint density at radius 1 is 1.19 bits per heavy atom. The molecule has 0 rings (SSSR count). The summed E-state index contributed by atoms with van der Waals surface area (Å²) in [6.45, 7) is 15.8. The number of aliphatic hydroxyl groups excluding tert-OH is 1. The van der Waals surface area contributed by atoms with E-state index in [1.165, 1.54) is 0 Å². The summed E-state index contributed by atoms with van der Waals surface area (Å²) in [4.78, 5) is 0.976. The SMILES string of the molecule is C[C@H](O)CC(=S)C(S)([Si](C)(C)C)[Si](C)(C)C. The molecule has 1 N–H and O–H groups in total. The molecule has 0 aromatic carbocycles. The number of aliphatic hydroxyl groups is 1. The predicted octanol–water partition coefficient (Wildman–Crippen LogP) is 3.55. The first kappa shape index (κ1) is 16.8. The fraction of sp³-hybridized carbons (Fsp3) is 0.909. The van der Waals surface area contributed by atoms with Crippen molar-refractivity contribution >= 4 is 45.9 Å². The smallest absolute Gasteiger partial charge is 0.0649 e. The van der Waals surface area contributed by atoms with Crippen LogP contribution in [0.5, 0.6) is 0 Å². The largest absolute Gasteiger partial charge is 0.393 e. The molecule has 16 heavy (non-hydrogen) atoms. The fourth-order valence-electron chi connectivity index (χ4n) is 2.38. The topological polar surface area (TPSA) is 20.2 Å². The zero-order valence-electron chi connectivity index (χ0n) is 11.6. The molecular weight excluding hydrogens is 268 g/mol. The number of thiocarbonyl (C=S) groups is 1. The summed E-state index contributed by atoms with van der Waals surface area (Å²) in [5, 5.41) is 9.53. The molecule has 0 bridgehead atoms. The summed E-state index contributed by atoms with van der Waals surface area (Å²) in [6, 6.07) is 0. The van der Waals surface area contributed by atoms with E-state index in [2.05, 4.69) is 39.3 Å². The number of hydrogen-bond donors (Lipinski definition) is 2. The minimum atomic E-state index is -1.50. The average Bonchev–Trinajstić information content (AvgIpc) is 1.96. The van der Waals surface area contributed by atoms with Crippen molar-refractivity contribution in [3.63, 3.8) is 0 Å². The van der Waals surface area contributed by atoms with E-state index in [0.29, 0.717) is 6.42 Å². The summed E-state index contributed by atoms with van der Waals surface area (Å²) in [5.74, 6) is 0. The van der Waals surface area contributed by atoms with Crippen molar-refractivity contribution in [2.24, 2.45) is 0 Å². The van der Waals surface area contributed by atoms with Crippen molar-refractivity contribution in [3.8, 4) is 0 Å². The van der Waals surface area contributed by atoms with Crippen LogP contribution in [0.1, 0.15) is 13.3 Å². The lowest BCUT2D eigenvalue weighted by atomic mass is 10.2. The molecule has 0 spiro atoms. The fourth-order valence-corrected chi connectivity index (χ4v) is 15.4. The Morgan fingerprint density at radius 2 is 1.50 bits per heavy atom. The Kier molecular flexibility index (Phi) is 5.49. The van der Waals surface area contributed by atoms with Crippen LogP contribution < -0.4 is 0 Å². The van der Waals surface area contributed by atoms with Gasteiger partial charge in [-0.3, -0.25) is 0 Å². The number of rotatable bonds is 5. The highest BCUT2D eigenvalue weighted by atomic mass is 32.1. The van der Waals surface area contributed by atoms with Gasteiger partial charge >= 0.3 is 0 Å². The average molecular weight is 295 g/mol. The van der Waals surface area contributed by atoms with E-state index >= 15 is 0 Å². The molecule has 0 unspecified atom stereocenters. The lowest BCUT2D eigenvalue weighted by Gasteiger charge is -2.49. The molecule has 0 fully saturated rings. The van der Waals surface area contributed by atoms with Gasteiger partial charge in [0.05, 0.1) is 22.3 Å². The predicted molar refractivity (Wildman–Crippen MR) is 87.3 cm³/mol. The lowest BCUT2D eigenvalue weighted by Crippen LogP contribution is -2.67. The van der Waals surface area contributed by atoms with Crippen molar-refractivity contribution in [1.82, 2.24) is 0 Å². The highest BCUT2D eigenvalue weighted by Gasteiger charge is 2.52. The highest BCUT2D eigenvalue weighted by Crippen LogP contribution is 2.39. The Morgan fingerprint density at radius 3 is 1.69 bits per heavy atom. The minimum Gasteiger partial charge on any atom is -0.393 e. The Bertz CT molecular complexity index is 250. The van der Waals surface area contributed by atoms with Gasteiger partial charge in [-0.2, -0.15) is 12.6 Å². The van der Waals surface area contributed by atoms with Gasteiger partial charge in [-0.15, -0.1) is 0 Å². The van der Waals surface area contributed by atoms with Crippen LogP contribution in [0.15, 0.2) is 0 Å². The molecule has 0 radical (unpaired) electrons. The van der Waals surface area contributed by atoms with Gasteiger partial charge in [-0.25, -0.2) is 0 Å². The summed E-state index contributed by atoms with van der Waals surface area (Å²) in [7, 11) is -3.01. The maximum absolute atomic E-state index is 9.53. The maximum Gasteiger partial charge on any atom is 0.0649 e. The molecule has 0 aliphatic carbocycles. The highest BCUT2D eigenvalue weighted by molar-refractivity contribution is 7.92. The van der Waals surface area contributed by atoms with E-state index in [1.54, 1.807) is 6.92 Å². The standard InChI is InChI=1S/C11H26OS2Si2/c1-9(12)8-10(13)11(14,15(2,3)4)16(5,6)7/h9,12,14H,8H2,1-7H3/t9-/m0/s1. The Balaban J connectivity index is 5.36. The second-order valence-corrected chi connectivity index (χ2v) is 19.7. The van der Waals surface area contributed by atoms with E-state index in [-0.39, 0.29) is 10.1 Å². The third kappa shape index (κ3) is 3.41. The monoisotopic (exact) mass is 294 g/mol. The van der Waals surface area contributed by atoms with E-state index in [4.69, 9.17) is 24.8 Å². The van der Waals surface area contributed by atoms with Gasteiger partial charge in [-0.05, 0) is 6.92 Å². The quantitative estimate of drug-likeness (QED) is 0.459. The van der Waals surface area contributed by atoms with Gasteiger partial charge in [0, 0.05) is 15.3 Å². The molecule has 0 saturated heterocycles. The molecule has 1 atom stereocenters. The molecule has 0 heterocycles. The molecule has 0 aromatic rings. The Hall–Kier alpha value is 0.834. The molecule has 0 amide bonds. The van der Waals surface area contributed by atoms with Crippen LogP contribution in [0.3, 0.4) is 0 Å². The molecule has 5 heteroatoms. The van der Waals surface area contributed by atoms with Crippen LogP contribution >= 0.6 is 24.8 Å². The third-order valence-corrected chi connectivity index (χ3v) is 17.8. The molecule has 0 aromatic heterocycles. The minimum absolute atomic E-state index is 0.0909. The first-order valence-electron chi connectivity index (χ1n) is 5.78. The first-order valence-corrected chi connectivity index (χ1v) is 13.6. The van der Waals surface area contributed by atoms with Crippen molar-refractivity contribution in [2.75, 3.05) is 0 Å². The normalized spacial score (nSPS) is 16.1. The van der Waals surface area contributed by atoms with E-state index in [0.717, 1.165) is 4.86 Å². The molecule has 0 aliphatic rings. The zero-order valence-corrected chi connectivity index (χ0v) is 15.3. The summed E-state index contributed by atoms with van der Waals surface area (Å²) < 4.78 is -0.0909. The second-order valence-electron chi connectivity index (χ2n) is 6.69. The van der Waals surface area contributed by atoms with Crippen molar-refractivity contribution < 1.29 is 5.11 Å². The van der Waals surface area contributed by atoms with E-state index in [9.17, 15) is 5.11 Å². The van der Waals surface area contributed by atoms with Crippen LogP contribution in [0.4, 0.5) is 0 Å². The summed E-state index contributed by atoms with van der Waals surface area (Å²) in [5.41, 5.74) is 0. The van der Waals surface area contributed by atoms with Gasteiger partial charge in [0.2, 0.25) is 0 Å². The zero-order chi connectivity index (χ0) is 13.4. The molecule has 96 valence electrons. The van der Waals surface area contributed by atoms with Crippen molar-refractivity contribution in [2.45, 2.75) is 62.7 Å². The van der Waals surface area contributed by atoms with Gasteiger partial charge in [0.15, 0.2) is 0 Å². The van der Waals surface area contributed by atoms with Crippen LogP contribution in [0, 0.1) is 0 Å². The molecule has 0 aliphatic heterocycles. The van der Waals surface area contributed by atoms with Crippen molar-refractivity contribution in [3.05, 3.63) is 0 Å². The van der Waals surface area contributed by atoms with Gasteiger partial charge in [-0.1, -0.05) is 51.5 Å². The van der Waals surface area contributed by atoms with E-state index in [1.807, 2.05) is 0 Å². The summed E-state index contributed by atoms with van der Waals surface area (Å²) >= 11 is 10.6.